The van der Waals surface area contributed by atoms with Crippen molar-refractivity contribution in [1.82, 2.24) is 9.78 Å². The number of hydrogen-bond donors (Lipinski definition) is 1. The molecule has 25 heavy (non-hydrogen) atoms. The third kappa shape index (κ3) is 2.88. The normalized spacial score (nSPS) is 12.8. The van der Waals surface area contributed by atoms with E-state index in [0.29, 0.717) is 0 Å². The van der Waals surface area contributed by atoms with Gasteiger partial charge in [-0.2, -0.15) is 5.10 Å². The number of methoxy groups -OCH3 is 1. The monoisotopic (exact) mass is 333 g/mol. The number of hydrogen-bond acceptors (Lipinski definition) is 3. The third-order valence-electron chi connectivity index (χ3n) is 4.97. The molecule has 1 aliphatic heterocycles. The van der Waals surface area contributed by atoms with Crippen LogP contribution in [0.15, 0.2) is 42.5 Å². The molecule has 0 unspecified atom stereocenters. The Bertz CT molecular complexity index is 927. The smallest absolute Gasteiger partial charge is 0.133 e. The van der Waals surface area contributed by atoms with Gasteiger partial charge in [-0.1, -0.05) is 18.2 Å². The van der Waals surface area contributed by atoms with E-state index in [4.69, 9.17) is 9.84 Å². The van der Waals surface area contributed by atoms with Gasteiger partial charge in [0.25, 0.3) is 0 Å². The number of benzene rings is 2. The molecule has 3 aromatic rings. The van der Waals surface area contributed by atoms with Crippen LogP contribution in [0.5, 0.6) is 5.75 Å². The number of aryl methyl sites for hydroxylation is 2. The number of nitrogens with zero attached hydrogens (tertiary/aromatic N) is 2. The van der Waals surface area contributed by atoms with Crippen LogP contribution < -0.4 is 10.1 Å². The lowest BCUT2D eigenvalue weighted by atomic mass is 10.1. The van der Waals surface area contributed by atoms with E-state index in [2.05, 4.69) is 54.2 Å². The summed E-state index contributed by atoms with van der Waals surface area (Å²) in [5.74, 6) is 2.03. The second-order valence-electron chi connectivity index (χ2n) is 6.66. The second kappa shape index (κ2) is 6.28. The number of aromatic nitrogens is 2. The van der Waals surface area contributed by atoms with Crippen LogP contribution in [-0.2, 0) is 12.8 Å². The number of ether oxygens (including phenoxy) is 1. The van der Waals surface area contributed by atoms with Crippen molar-refractivity contribution in [2.45, 2.75) is 26.7 Å². The lowest BCUT2D eigenvalue weighted by Crippen LogP contribution is -2.05. The molecule has 0 atom stereocenters. The maximum atomic E-state index is 5.35. The highest BCUT2D eigenvalue weighted by Gasteiger charge is 2.23. The summed E-state index contributed by atoms with van der Waals surface area (Å²) in [5.41, 5.74) is 7.41. The molecule has 1 aliphatic rings. The van der Waals surface area contributed by atoms with Crippen molar-refractivity contribution in [3.63, 3.8) is 0 Å². The molecular weight excluding hydrogens is 310 g/mol. The molecule has 0 spiro atoms. The zero-order valence-electron chi connectivity index (χ0n) is 15.0. The molecule has 0 aliphatic carbocycles. The second-order valence-corrected chi connectivity index (χ2v) is 6.66. The number of fused-ring (bicyclic) bond motifs is 1. The van der Waals surface area contributed by atoms with Gasteiger partial charge in [0.2, 0.25) is 0 Å². The fourth-order valence-electron chi connectivity index (χ4n) is 3.41. The van der Waals surface area contributed by atoms with E-state index in [1.165, 1.54) is 22.3 Å². The lowest BCUT2D eigenvalue weighted by molar-refractivity contribution is 0.414. The number of anilines is 1. The summed E-state index contributed by atoms with van der Waals surface area (Å²) in [6.07, 6.45) is 1.85. The molecular formula is C21H23N3O. The molecule has 0 saturated heterocycles. The summed E-state index contributed by atoms with van der Waals surface area (Å²) in [6.45, 7) is 5.26. The predicted octanol–water partition coefficient (Wildman–Crippen LogP) is 4.06. The van der Waals surface area contributed by atoms with Crippen molar-refractivity contribution in [2.24, 2.45) is 0 Å². The van der Waals surface area contributed by atoms with Crippen LogP contribution in [0.2, 0.25) is 0 Å². The molecule has 1 aromatic heterocycles. The molecule has 0 radical (unpaired) electrons. The maximum Gasteiger partial charge on any atom is 0.133 e. The number of nitrogens with one attached hydrogen (secondary N) is 1. The highest BCUT2D eigenvalue weighted by Crippen LogP contribution is 2.31. The number of rotatable bonds is 4. The van der Waals surface area contributed by atoms with Crippen molar-refractivity contribution in [3.05, 3.63) is 70.4 Å². The first-order valence-corrected chi connectivity index (χ1v) is 8.71. The van der Waals surface area contributed by atoms with Gasteiger partial charge in [0, 0.05) is 18.5 Å². The maximum absolute atomic E-state index is 5.35. The Labute approximate surface area is 148 Å². The Balaban J connectivity index is 1.73. The summed E-state index contributed by atoms with van der Waals surface area (Å²) in [7, 11) is 1.70. The van der Waals surface area contributed by atoms with Gasteiger partial charge in [-0.15, -0.1) is 0 Å². The molecule has 0 fully saturated rings. The van der Waals surface area contributed by atoms with E-state index in [1.807, 2.05) is 12.1 Å². The summed E-state index contributed by atoms with van der Waals surface area (Å²) in [6, 6.07) is 14.7. The van der Waals surface area contributed by atoms with Gasteiger partial charge < -0.3 is 10.1 Å². The van der Waals surface area contributed by atoms with Crippen LogP contribution in [0.4, 0.5) is 5.82 Å². The van der Waals surface area contributed by atoms with Crippen molar-refractivity contribution in [2.75, 3.05) is 19.0 Å². The van der Waals surface area contributed by atoms with Crippen LogP contribution in [0.1, 0.15) is 27.9 Å². The van der Waals surface area contributed by atoms with E-state index in [1.54, 1.807) is 7.11 Å². The first-order valence-electron chi connectivity index (χ1n) is 8.71. The van der Waals surface area contributed by atoms with Crippen molar-refractivity contribution < 1.29 is 4.74 Å². The average Bonchev–Trinajstić information content (AvgIpc) is 3.22. The highest BCUT2D eigenvalue weighted by molar-refractivity contribution is 5.58. The van der Waals surface area contributed by atoms with Gasteiger partial charge in [0.05, 0.1) is 18.5 Å². The Kier molecular flexibility index (Phi) is 3.96. The molecule has 2 aromatic carbocycles. The average molecular weight is 333 g/mol. The Morgan fingerprint density at radius 3 is 2.80 bits per heavy atom. The Morgan fingerprint density at radius 1 is 1.12 bits per heavy atom. The molecule has 0 amide bonds. The fourth-order valence-corrected chi connectivity index (χ4v) is 3.41. The van der Waals surface area contributed by atoms with Gasteiger partial charge in [-0.05, 0) is 61.2 Å². The zero-order chi connectivity index (χ0) is 17.4. The fraction of sp³-hybridized carbons (Fsp3) is 0.286. The minimum absolute atomic E-state index is 0.819. The summed E-state index contributed by atoms with van der Waals surface area (Å²) >= 11 is 0. The zero-order valence-corrected chi connectivity index (χ0v) is 15.0. The van der Waals surface area contributed by atoms with E-state index in [0.717, 1.165) is 42.3 Å². The van der Waals surface area contributed by atoms with Gasteiger partial charge in [-0.3, -0.25) is 0 Å². The van der Waals surface area contributed by atoms with Crippen LogP contribution in [0.3, 0.4) is 0 Å². The standard InChI is InChI=1S/C21H23N3O/c1-14-7-8-17(11-15(14)2)24-21-19(9-10-22-21)20(23-24)13-16-5-4-6-18(12-16)25-3/h4-8,11-12,22H,9-10,13H2,1-3H3. The van der Waals surface area contributed by atoms with E-state index < -0.39 is 0 Å². The molecule has 2 heterocycles. The van der Waals surface area contributed by atoms with Gasteiger partial charge in [0.15, 0.2) is 0 Å². The quantitative estimate of drug-likeness (QED) is 0.783. The van der Waals surface area contributed by atoms with E-state index in [-0.39, 0.29) is 0 Å². The largest absolute Gasteiger partial charge is 0.497 e. The molecule has 0 saturated carbocycles. The van der Waals surface area contributed by atoms with Crippen molar-refractivity contribution >= 4 is 5.82 Å². The molecule has 4 rings (SSSR count). The van der Waals surface area contributed by atoms with E-state index >= 15 is 0 Å². The highest BCUT2D eigenvalue weighted by atomic mass is 16.5. The summed E-state index contributed by atoms with van der Waals surface area (Å²) in [4.78, 5) is 0. The first-order chi connectivity index (χ1) is 12.2. The molecule has 128 valence electrons. The lowest BCUT2D eigenvalue weighted by Gasteiger charge is -2.09. The summed E-state index contributed by atoms with van der Waals surface area (Å²) in [5, 5.41) is 8.44. The van der Waals surface area contributed by atoms with Gasteiger partial charge >= 0.3 is 0 Å². The molecule has 1 N–H and O–H groups in total. The minimum atomic E-state index is 0.819. The minimum Gasteiger partial charge on any atom is -0.497 e. The van der Waals surface area contributed by atoms with Crippen molar-refractivity contribution in [1.29, 1.82) is 0 Å². The SMILES string of the molecule is COc1cccc(Cc2nn(-c3ccc(C)c(C)c3)c3c2CCN3)c1. The predicted molar refractivity (Wildman–Crippen MR) is 101 cm³/mol. The van der Waals surface area contributed by atoms with Gasteiger partial charge in [0.1, 0.15) is 11.6 Å². The van der Waals surface area contributed by atoms with Crippen LogP contribution in [-0.4, -0.2) is 23.4 Å². The van der Waals surface area contributed by atoms with Crippen LogP contribution in [0.25, 0.3) is 5.69 Å². The molecule has 4 nitrogen and oxygen atoms in total. The molecule has 0 bridgehead atoms. The Morgan fingerprint density at radius 2 is 2.00 bits per heavy atom. The van der Waals surface area contributed by atoms with Crippen molar-refractivity contribution in [3.8, 4) is 11.4 Å². The first kappa shape index (κ1) is 15.8. The molecule has 4 heteroatoms. The van der Waals surface area contributed by atoms with Gasteiger partial charge in [-0.25, -0.2) is 4.68 Å². The van der Waals surface area contributed by atoms with Crippen LogP contribution >= 0.6 is 0 Å². The topological polar surface area (TPSA) is 39.1 Å². The van der Waals surface area contributed by atoms with Crippen LogP contribution in [0, 0.1) is 13.8 Å². The third-order valence-corrected chi connectivity index (χ3v) is 4.97. The Hall–Kier alpha value is -2.75. The van der Waals surface area contributed by atoms with E-state index in [9.17, 15) is 0 Å². The summed E-state index contributed by atoms with van der Waals surface area (Å²) < 4.78 is 7.41.